The van der Waals surface area contributed by atoms with Gasteiger partial charge in [0.1, 0.15) is 6.54 Å². The predicted molar refractivity (Wildman–Crippen MR) is 57.2 cm³/mol. The molecule has 1 aliphatic heterocycles. The maximum Gasteiger partial charge on any atom is 0.246 e. The predicted octanol–water partition coefficient (Wildman–Crippen LogP) is 2.10. The third kappa shape index (κ3) is 1.63. The Kier molecular flexibility index (Phi) is 2.25. The lowest BCUT2D eigenvalue weighted by atomic mass is 10.1. The highest BCUT2D eigenvalue weighted by Crippen LogP contribution is 2.22. The molecule has 0 spiro atoms. The van der Waals surface area contributed by atoms with E-state index in [4.69, 9.17) is 11.6 Å². The molecule has 0 aromatic heterocycles. The number of hydrogen-bond donors (Lipinski definition) is 1. The minimum absolute atomic E-state index is 0.0922. The van der Waals surface area contributed by atoms with Crippen LogP contribution in [0.5, 0.6) is 0 Å². The highest BCUT2D eigenvalue weighted by atomic mass is 35.5. The molecule has 0 unspecified atom stereocenters. The first-order chi connectivity index (χ1) is 6.66. The van der Waals surface area contributed by atoms with Crippen LogP contribution in [0, 0.1) is 0 Å². The fourth-order valence-electron chi connectivity index (χ4n) is 1.39. The summed E-state index contributed by atoms with van der Waals surface area (Å²) in [6.07, 6.45) is 0. The molecule has 0 saturated carbocycles. The van der Waals surface area contributed by atoms with Gasteiger partial charge in [0.25, 0.3) is 0 Å². The van der Waals surface area contributed by atoms with E-state index in [1.807, 2.05) is 6.92 Å². The van der Waals surface area contributed by atoms with Crippen molar-refractivity contribution in [3.63, 3.8) is 0 Å². The summed E-state index contributed by atoms with van der Waals surface area (Å²) in [4.78, 5) is 15.4. The van der Waals surface area contributed by atoms with Crippen LogP contribution in [0.2, 0.25) is 5.02 Å². The number of carbonyl (C=O) groups is 1. The maximum absolute atomic E-state index is 11.2. The van der Waals surface area contributed by atoms with Gasteiger partial charge in [-0.05, 0) is 25.1 Å². The summed E-state index contributed by atoms with van der Waals surface area (Å²) in [5, 5.41) is 3.42. The summed E-state index contributed by atoms with van der Waals surface area (Å²) >= 11 is 5.86. The first-order valence-electron chi connectivity index (χ1n) is 4.27. The van der Waals surface area contributed by atoms with E-state index in [0.29, 0.717) is 5.02 Å². The van der Waals surface area contributed by atoms with Gasteiger partial charge in [-0.3, -0.25) is 9.79 Å². The number of halogens is 1. The molecule has 1 aromatic carbocycles. The van der Waals surface area contributed by atoms with Crippen molar-refractivity contribution in [2.24, 2.45) is 4.99 Å². The average molecular weight is 209 g/mol. The molecular weight excluding hydrogens is 200 g/mol. The first-order valence-corrected chi connectivity index (χ1v) is 4.65. The Bertz CT molecular complexity index is 426. The molecule has 0 fully saturated rings. The molecule has 0 aliphatic carbocycles. The Morgan fingerprint density at radius 3 is 3.07 bits per heavy atom. The minimum Gasteiger partial charge on any atom is -0.324 e. The molecule has 2 rings (SSSR count). The van der Waals surface area contributed by atoms with E-state index < -0.39 is 0 Å². The van der Waals surface area contributed by atoms with Crippen LogP contribution >= 0.6 is 11.6 Å². The lowest BCUT2D eigenvalue weighted by molar-refractivity contribution is -0.114. The monoisotopic (exact) mass is 208 g/mol. The Labute approximate surface area is 86.8 Å². The van der Waals surface area contributed by atoms with Crippen molar-refractivity contribution in [3.8, 4) is 0 Å². The number of nitrogens with one attached hydrogen (secondary N) is 1. The number of rotatable bonds is 0. The van der Waals surface area contributed by atoms with Crippen LogP contribution in [0.25, 0.3) is 0 Å². The third-order valence-corrected chi connectivity index (χ3v) is 2.34. The highest BCUT2D eigenvalue weighted by Gasteiger charge is 2.13. The van der Waals surface area contributed by atoms with Gasteiger partial charge in [0.05, 0.1) is 0 Å². The van der Waals surface area contributed by atoms with Crippen molar-refractivity contribution in [1.82, 2.24) is 0 Å². The summed E-state index contributed by atoms with van der Waals surface area (Å²) in [5.41, 5.74) is 2.50. The molecular formula is C10H9ClN2O. The summed E-state index contributed by atoms with van der Waals surface area (Å²) in [7, 11) is 0. The Morgan fingerprint density at radius 2 is 2.29 bits per heavy atom. The van der Waals surface area contributed by atoms with Crippen molar-refractivity contribution in [1.29, 1.82) is 0 Å². The van der Waals surface area contributed by atoms with Crippen LogP contribution in [0.3, 0.4) is 0 Å². The van der Waals surface area contributed by atoms with Gasteiger partial charge in [-0.1, -0.05) is 11.6 Å². The van der Waals surface area contributed by atoms with Crippen LogP contribution in [0.15, 0.2) is 23.2 Å². The molecule has 72 valence electrons. The summed E-state index contributed by atoms with van der Waals surface area (Å²) < 4.78 is 0. The quantitative estimate of drug-likeness (QED) is 0.697. The second kappa shape index (κ2) is 3.42. The zero-order chi connectivity index (χ0) is 10.1. The van der Waals surface area contributed by atoms with Crippen LogP contribution in [0.4, 0.5) is 5.69 Å². The van der Waals surface area contributed by atoms with Crippen molar-refractivity contribution < 1.29 is 4.79 Å². The van der Waals surface area contributed by atoms with Crippen molar-refractivity contribution in [2.75, 3.05) is 11.9 Å². The molecule has 0 radical (unpaired) electrons. The number of benzodiazepines with no additional fused rings is 1. The van der Waals surface area contributed by atoms with Gasteiger partial charge in [0.2, 0.25) is 5.91 Å². The van der Waals surface area contributed by atoms with Gasteiger partial charge in [-0.25, -0.2) is 0 Å². The summed E-state index contributed by atoms with van der Waals surface area (Å²) in [5.74, 6) is -0.0922. The molecule has 14 heavy (non-hydrogen) atoms. The normalized spacial score (nSPS) is 15.3. The van der Waals surface area contributed by atoms with Crippen LogP contribution in [-0.2, 0) is 4.79 Å². The number of anilines is 1. The van der Waals surface area contributed by atoms with E-state index in [1.165, 1.54) is 0 Å². The van der Waals surface area contributed by atoms with Crippen molar-refractivity contribution >= 4 is 28.9 Å². The second-order valence-corrected chi connectivity index (χ2v) is 3.58. The number of nitrogens with zero attached hydrogens (tertiary/aromatic N) is 1. The minimum atomic E-state index is -0.0922. The topological polar surface area (TPSA) is 41.5 Å². The van der Waals surface area contributed by atoms with Gasteiger partial charge < -0.3 is 5.32 Å². The molecule has 4 heteroatoms. The van der Waals surface area contributed by atoms with E-state index in [1.54, 1.807) is 18.2 Å². The van der Waals surface area contributed by atoms with Crippen LogP contribution < -0.4 is 5.32 Å². The maximum atomic E-state index is 11.2. The lowest BCUT2D eigenvalue weighted by Gasteiger charge is -2.06. The first kappa shape index (κ1) is 9.21. The molecule has 1 aromatic rings. The summed E-state index contributed by atoms with van der Waals surface area (Å²) in [6, 6.07) is 5.35. The van der Waals surface area contributed by atoms with E-state index in [2.05, 4.69) is 10.3 Å². The van der Waals surface area contributed by atoms with Gasteiger partial charge >= 0.3 is 0 Å². The molecule has 1 aliphatic rings. The zero-order valence-corrected chi connectivity index (χ0v) is 8.43. The van der Waals surface area contributed by atoms with E-state index >= 15 is 0 Å². The number of aliphatic imine (C=N–C) groups is 1. The standard InChI is InChI=1S/C10H9ClN2O/c1-6-8-4-7(11)2-3-9(8)13-10(14)5-12-6/h2-4H,5H2,1H3,(H,13,14). The second-order valence-electron chi connectivity index (χ2n) is 3.14. The number of fused-ring (bicyclic) bond motifs is 1. The molecule has 0 atom stereocenters. The number of benzene rings is 1. The average Bonchev–Trinajstić information content (AvgIpc) is 2.29. The van der Waals surface area contributed by atoms with Crippen LogP contribution in [-0.4, -0.2) is 18.2 Å². The number of amides is 1. The zero-order valence-electron chi connectivity index (χ0n) is 7.67. The molecule has 0 bridgehead atoms. The SMILES string of the molecule is CC1=NCC(=O)Nc2ccc(Cl)cc21. The third-order valence-electron chi connectivity index (χ3n) is 2.11. The van der Waals surface area contributed by atoms with Gasteiger partial charge in [0.15, 0.2) is 0 Å². The Hall–Kier alpha value is -1.35. The highest BCUT2D eigenvalue weighted by molar-refractivity contribution is 6.31. The summed E-state index contributed by atoms with van der Waals surface area (Å²) in [6.45, 7) is 2.05. The van der Waals surface area contributed by atoms with Crippen molar-refractivity contribution in [2.45, 2.75) is 6.92 Å². The van der Waals surface area contributed by atoms with E-state index in [9.17, 15) is 4.79 Å². The Balaban J connectivity index is 2.57. The number of carbonyl (C=O) groups excluding carboxylic acids is 1. The van der Waals surface area contributed by atoms with Crippen LogP contribution in [0.1, 0.15) is 12.5 Å². The molecule has 1 heterocycles. The molecule has 0 saturated heterocycles. The molecule has 1 amide bonds. The lowest BCUT2D eigenvalue weighted by Crippen LogP contribution is -2.13. The molecule has 3 nitrogen and oxygen atoms in total. The molecule has 1 N–H and O–H groups in total. The van der Waals surface area contributed by atoms with Gasteiger partial charge in [-0.15, -0.1) is 0 Å². The van der Waals surface area contributed by atoms with E-state index in [0.717, 1.165) is 17.0 Å². The Morgan fingerprint density at radius 1 is 1.50 bits per heavy atom. The smallest absolute Gasteiger partial charge is 0.246 e. The van der Waals surface area contributed by atoms with Crippen molar-refractivity contribution in [3.05, 3.63) is 28.8 Å². The number of hydrogen-bond acceptors (Lipinski definition) is 2. The van der Waals surface area contributed by atoms with E-state index in [-0.39, 0.29) is 12.5 Å². The fraction of sp³-hybridized carbons (Fsp3) is 0.200. The fourth-order valence-corrected chi connectivity index (χ4v) is 1.56. The van der Waals surface area contributed by atoms with Gasteiger partial charge in [-0.2, -0.15) is 0 Å². The largest absolute Gasteiger partial charge is 0.324 e. The van der Waals surface area contributed by atoms with Gasteiger partial charge in [0, 0.05) is 22.0 Å².